The van der Waals surface area contributed by atoms with Crippen LogP contribution in [0.5, 0.6) is 0 Å². The Bertz CT molecular complexity index is 467. The number of aliphatic hydroxyl groups excluding tert-OH is 1. The summed E-state index contributed by atoms with van der Waals surface area (Å²) in [5.41, 5.74) is 5.65. The summed E-state index contributed by atoms with van der Waals surface area (Å²) < 4.78 is 0. The van der Waals surface area contributed by atoms with Crippen LogP contribution >= 0.6 is 11.3 Å². The predicted octanol–water partition coefficient (Wildman–Crippen LogP) is 1.68. The van der Waals surface area contributed by atoms with Crippen LogP contribution in [-0.4, -0.2) is 34.2 Å². The number of nitrogens with one attached hydrogen (secondary N) is 2. The quantitative estimate of drug-likeness (QED) is 0.663. The van der Waals surface area contributed by atoms with E-state index < -0.39 is 0 Å². The lowest BCUT2D eigenvalue weighted by Crippen LogP contribution is -2.38. The van der Waals surface area contributed by atoms with Crippen molar-refractivity contribution in [3.05, 3.63) is 4.88 Å². The van der Waals surface area contributed by atoms with Gasteiger partial charge < -0.3 is 21.5 Å². The number of nitrogen functional groups attached to an aromatic ring is 1. The monoisotopic (exact) mass is 300 g/mol. The number of carbonyl (C=O) groups is 1. The third-order valence-corrected chi connectivity index (χ3v) is 3.83. The van der Waals surface area contributed by atoms with Crippen molar-refractivity contribution in [1.29, 1.82) is 0 Å². The van der Waals surface area contributed by atoms with Gasteiger partial charge in [0, 0.05) is 18.2 Å². The zero-order chi connectivity index (χ0) is 15.5. The normalized spacial score (nSPS) is 14.7. The number of nitrogens with zero attached hydrogens (tertiary/aromatic N) is 1. The van der Waals surface area contributed by atoms with Gasteiger partial charge in [0.1, 0.15) is 10.7 Å². The van der Waals surface area contributed by atoms with Crippen molar-refractivity contribution in [2.24, 2.45) is 5.92 Å². The fraction of sp³-hybridized carbons (Fsp3) is 0.692. The number of aliphatic hydroxyl groups is 1. The van der Waals surface area contributed by atoms with Gasteiger partial charge in [-0.15, -0.1) is 0 Å². The highest BCUT2D eigenvalue weighted by Gasteiger charge is 2.21. The molecule has 7 heteroatoms. The van der Waals surface area contributed by atoms with Crippen molar-refractivity contribution >= 4 is 28.2 Å². The van der Waals surface area contributed by atoms with Gasteiger partial charge in [0.15, 0.2) is 5.13 Å². The van der Waals surface area contributed by atoms with Crippen LogP contribution in [0.2, 0.25) is 0 Å². The van der Waals surface area contributed by atoms with Crippen LogP contribution in [0.15, 0.2) is 0 Å². The van der Waals surface area contributed by atoms with E-state index in [9.17, 15) is 4.79 Å². The van der Waals surface area contributed by atoms with Crippen molar-refractivity contribution < 1.29 is 9.90 Å². The number of thiazole rings is 1. The van der Waals surface area contributed by atoms with Gasteiger partial charge in [-0.3, -0.25) is 4.79 Å². The molecule has 0 fully saturated rings. The molecule has 5 N–H and O–H groups in total. The zero-order valence-electron chi connectivity index (χ0n) is 12.7. The molecule has 0 bridgehead atoms. The molecule has 0 saturated heterocycles. The van der Waals surface area contributed by atoms with Crippen LogP contribution in [0.4, 0.5) is 10.9 Å². The lowest BCUT2D eigenvalue weighted by atomic mass is 10.1. The molecule has 0 aliphatic heterocycles. The molecule has 1 rings (SSSR count). The molecule has 2 unspecified atom stereocenters. The van der Waals surface area contributed by atoms with Gasteiger partial charge in [0.25, 0.3) is 5.91 Å². The van der Waals surface area contributed by atoms with Crippen LogP contribution < -0.4 is 16.4 Å². The largest absolute Gasteiger partial charge is 0.396 e. The minimum absolute atomic E-state index is 0.0136. The Morgan fingerprint density at radius 3 is 2.55 bits per heavy atom. The summed E-state index contributed by atoms with van der Waals surface area (Å²) in [6.45, 7) is 9.77. The number of hydrogen-bond acceptors (Lipinski definition) is 6. The topological polar surface area (TPSA) is 100 Å². The van der Waals surface area contributed by atoms with Crippen molar-refractivity contribution in [2.75, 3.05) is 17.7 Å². The van der Waals surface area contributed by atoms with Gasteiger partial charge in [-0.05, 0) is 33.6 Å². The fourth-order valence-corrected chi connectivity index (χ4v) is 2.44. The standard InChI is InChI=1S/C13H24N4O2S/c1-7(6-18)8(2)15-11(19)9-10(14)16-12(20-9)17-13(3,4)5/h7-8,18H,6,14H2,1-5H3,(H,15,19)(H,16,17). The van der Waals surface area contributed by atoms with E-state index in [1.54, 1.807) is 0 Å². The summed E-state index contributed by atoms with van der Waals surface area (Å²) in [6.07, 6.45) is 0. The highest BCUT2D eigenvalue weighted by atomic mass is 32.1. The number of rotatable bonds is 5. The highest BCUT2D eigenvalue weighted by Crippen LogP contribution is 2.27. The molecule has 1 amide bonds. The van der Waals surface area contributed by atoms with Crippen LogP contribution in [0.25, 0.3) is 0 Å². The summed E-state index contributed by atoms with van der Waals surface area (Å²) in [5, 5.41) is 15.7. The van der Waals surface area contributed by atoms with Gasteiger partial charge in [-0.2, -0.15) is 0 Å². The smallest absolute Gasteiger partial charge is 0.265 e. The van der Waals surface area contributed by atoms with Gasteiger partial charge in [0.05, 0.1) is 0 Å². The van der Waals surface area contributed by atoms with E-state index in [4.69, 9.17) is 10.8 Å². The molecule has 0 spiro atoms. The molecule has 0 saturated carbocycles. The molecule has 1 aromatic heterocycles. The van der Waals surface area contributed by atoms with Crippen LogP contribution in [0.1, 0.15) is 44.3 Å². The summed E-state index contributed by atoms with van der Waals surface area (Å²) in [6, 6.07) is -0.131. The molecule has 0 radical (unpaired) electrons. The SMILES string of the molecule is CC(CO)C(C)NC(=O)c1sc(NC(C)(C)C)nc1N. The number of hydrogen-bond donors (Lipinski definition) is 4. The zero-order valence-corrected chi connectivity index (χ0v) is 13.5. The maximum Gasteiger partial charge on any atom is 0.265 e. The number of carbonyl (C=O) groups excluding carboxylic acids is 1. The van der Waals surface area contributed by atoms with E-state index in [1.807, 2.05) is 34.6 Å². The molecular weight excluding hydrogens is 276 g/mol. The lowest BCUT2D eigenvalue weighted by molar-refractivity contribution is 0.0921. The second-order valence-corrected chi connectivity index (χ2v) is 7.03. The minimum atomic E-state index is -0.255. The summed E-state index contributed by atoms with van der Waals surface area (Å²) >= 11 is 1.23. The summed E-state index contributed by atoms with van der Waals surface area (Å²) in [7, 11) is 0. The van der Waals surface area contributed by atoms with E-state index in [-0.39, 0.29) is 35.8 Å². The third kappa shape index (κ3) is 4.64. The Kier molecular flexibility index (Phi) is 5.35. The maximum absolute atomic E-state index is 12.1. The van der Waals surface area contributed by atoms with Crippen molar-refractivity contribution in [3.63, 3.8) is 0 Å². The van der Waals surface area contributed by atoms with Crippen LogP contribution in [-0.2, 0) is 0 Å². The van der Waals surface area contributed by atoms with Crippen molar-refractivity contribution in [1.82, 2.24) is 10.3 Å². The molecular formula is C13H24N4O2S. The van der Waals surface area contributed by atoms with Crippen molar-refractivity contribution in [2.45, 2.75) is 46.2 Å². The first-order chi connectivity index (χ1) is 9.14. The van der Waals surface area contributed by atoms with E-state index in [0.717, 1.165) is 0 Å². The molecule has 2 atom stereocenters. The average molecular weight is 300 g/mol. The van der Waals surface area contributed by atoms with E-state index in [0.29, 0.717) is 10.0 Å². The molecule has 1 aromatic rings. The minimum Gasteiger partial charge on any atom is -0.396 e. The van der Waals surface area contributed by atoms with Crippen LogP contribution in [0, 0.1) is 5.92 Å². The lowest BCUT2D eigenvalue weighted by Gasteiger charge is -2.19. The fourth-order valence-electron chi connectivity index (χ4n) is 1.44. The number of nitrogens with two attached hydrogens (primary N) is 1. The second kappa shape index (κ2) is 6.41. The maximum atomic E-state index is 12.1. The summed E-state index contributed by atoms with van der Waals surface area (Å²) in [5.74, 6) is -0.0434. The van der Waals surface area contributed by atoms with Crippen molar-refractivity contribution in [3.8, 4) is 0 Å². The Morgan fingerprint density at radius 2 is 2.05 bits per heavy atom. The molecule has 6 nitrogen and oxygen atoms in total. The van der Waals surface area contributed by atoms with E-state index in [1.165, 1.54) is 11.3 Å². The second-order valence-electron chi connectivity index (χ2n) is 6.03. The first-order valence-corrected chi connectivity index (χ1v) is 7.42. The third-order valence-electron chi connectivity index (χ3n) is 2.84. The van der Waals surface area contributed by atoms with Gasteiger partial charge in [-0.25, -0.2) is 4.98 Å². The molecule has 0 aliphatic carbocycles. The molecule has 0 aliphatic rings. The predicted molar refractivity (Wildman–Crippen MR) is 83.1 cm³/mol. The Balaban J connectivity index is 2.79. The molecule has 114 valence electrons. The van der Waals surface area contributed by atoms with E-state index >= 15 is 0 Å². The first kappa shape index (κ1) is 16.7. The van der Waals surface area contributed by atoms with Gasteiger partial charge in [0.2, 0.25) is 0 Å². The van der Waals surface area contributed by atoms with Crippen LogP contribution in [0.3, 0.4) is 0 Å². The van der Waals surface area contributed by atoms with E-state index in [2.05, 4.69) is 15.6 Å². The molecule has 20 heavy (non-hydrogen) atoms. The number of amides is 1. The summed E-state index contributed by atoms with van der Waals surface area (Å²) in [4.78, 5) is 16.7. The Morgan fingerprint density at radius 1 is 1.45 bits per heavy atom. The molecule has 1 heterocycles. The average Bonchev–Trinajstić information content (AvgIpc) is 2.66. The Labute approximate surface area is 123 Å². The Hall–Kier alpha value is -1.34. The van der Waals surface area contributed by atoms with Gasteiger partial charge >= 0.3 is 0 Å². The number of aromatic nitrogens is 1. The highest BCUT2D eigenvalue weighted by molar-refractivity contribution is 7.18. The van der Waals surface area contributed by atoms with Gasteiger partial charge in [-0.1, -0.05) is 18.3 Å². The molecule has 0 aromatic carbocycles. The first-order valence-electron chi connectivity index (χ1n) is 6.60. The number of anilines is 2.